The Kier molecular flexibility index (Phi) is 9.10. The summed E-state index contributed by atoms with van der Waals surface area (Å²) in [5, 5.41) is 5.40. The zero-order valence-electron chi connectivity index (χ0n) is 23.7. The van der Waals surface area contributed by atoms with Crippen LogP contribution in [0.25, 0.3) is 16.5 Å². The van der Waals surface area contributed by atoms with Crippen LogP contribution in [0, 0.1) is 18.8 Å². The lowest BCUT2D eigenvalue weighted by Crippen LogP contribution is -2.22. The molecule has 1 amide bonds. The molecule has 0 saturated heterocycles. The topological polar surface area (TPSA) is 134 Å². The van der Waals surface area contributed by atoms with E-state index in [1.165, 1.54) is 17.0 Å². The number of aliphatic imine (C=N–C) groups is 1. The third kappa shape index (κ3) is 6.18. The molecule has 0 aliphatic rings. The molecule has 0 aliphatic heterocycles. The smallest absolute Gasteiger partial charge is 0.264 e. The number of benzene rings is 2. The zero-order valence-corrected chi connectivity index (χ0v) is 23.7. The van der Waals surface area contributed by atoms with Gasteiger partial charge >= 0.3 is 0 Å². The minimum Gasteiger partial charge on any atom is -0.381 e. The molecule has 0 spiro atoms. The van der Waals surface area contributed by atoms with Crippen LogP contribution in [-0.4, -0.2) is 31.5 Å². The summed E-state index contributed by atoms with van der Waals surface area (Å²) in [6.07, 6.45) is 5.44. The fourth-order valence-electron chi connectivity index (χ4n) is 4.43. The van der Waals surface area contributed by atoms with Crippen LogP contribution in [0.3, 0.4) is 0 Å². The van der Waals surface area contributed by atoms with Crippen LogP contribution in [0.4, 0.5) is 11.6 Å². The lowest BCUT2D eigenvalue weighted by molar-refractivity contribution is 0.100. The molecule has 3 aromatic heterocycles. The molecule has 0 aliphatic carbocycles. The Morgan fingerprint density at radius 1 is 1.07 bits per heavy atom. The maximum absolute atomic E-state index is 13.5. The summed E-state index contributed by atoms with van der Waals surface area (Å²) < 4.78 is 3.18. The first kappa shape index (κ1) is 29.2. The minimum absolute atomic E-state index is 0.0339. The van der Waals surface area contributed by atoms with Crippen molar-refractivity contribution < 1.29 is 4.79 Å². The van der Waals surface area contributed by atoms with Gasteiger partial charge in [-0.2, -0.15) is 5.10 Å². The summed E-state index contributed by atoms with van der Waals surface area (Å²) in [6, 6.07) is 21.5. The number of nitrogens with two attached hydrogens (primary N) is 2. The Morgan fingerprint density at radius 3 is 2.45 bits per heavy atom. The SMILES string of the molecule is C=C/C=N\c1c(C(N)=O)c(N)nn1C.CCc1cc2cccc(C#Cc3cccnc3C)c2c(=O)n1-c1ccccc1. The van der Waals surface area contributed by atoms with Crippen molar-refractivity contribution in [2.24, 2.45) is 17.8 Å². The molecule has 0 unspecified atom stereocenters. The van der Waals surface area contributed by atoms with Crippen molar-refractivity contribution in [3.05, 3.63) is 124 Å². The summed E-state index contributed by atoms with van der Waals surface area (Å²) in [7, 11) is 1.62. The highest BCUT2D eigenvalue weighted by Gasteiger charge is 2.17. The molecule has 0 bridgehead atoms. The molecule has 0 radical (unpaired) electrons. The summed E-state index contributed by atoms with van der Waals surface area (Å²) in [6.45, 7) is 7.46. The summed E-state index contributed by atoms with van der Waals surface area (Å²) in [5.41, 5.74) is 15.0. The first-order chi connectivity index (χ1) is 20.3. The van der Waals surface area contributed by atoms with Crippen molar-refractivity contribution in [3.63, 3.8) is 0 Å². The lowest BCUT2D eigenvalue weighted by Gasteiger charge is -2.14. The standard InChI is InChI=1S/C25H20N2O.C8H11N5O/c1-3-22-17-21-10-7-9-20(15-14-19-11-8-16-26-18(19)2)24(21)25(28)27(22)23-12-5-4-6-13-23;1-3-4-11-8-5(7(10)14)6(9)12-13(8)2/h4-13,16-17H,3H2,1-2H3;3-4H,1H2,2H3,(H2,9,12)(H2,10,14)/b;11-4-. The van der Waals surface area contributed by atoms with E-state index >= 15 is 0 Å². The van der Waals surface area contributed by atoms with Gasteiger partial charge in [-0.15, -0.1) is 0 Å². The highest BCUT2D eigenvalue weighted by Crippen LogP contribution is 2.23. The number of rotatable bonds is 5. The number of aromatic nitrogens is 4. The summed E-state index contributed by atoms with van der Waals surface area (Å²) >= 11 is 0. The van der Waals surface area contributed by atoms with Gasteiger partial charge in [0.2, 0.25) is 0 Å². The van der Waals surface area contributed by atoms with Crippen molar-refractivity contribution in [2.45, 2.75) is 20.3 Å². The van der Waals surface area contributed by atoms with Crippen molar-refractivity contribution >= 4 is 34.5 Å². The number of hydrogen-bond donors (Lipinski definition) is 2. The number of hydrogen-bond acceptors (Lipinski definition) is 6. The average Bonchev–Trinajstić information content (AvgIpc) is 3.28. The van der Waals surface area contributed by atoms with Crippen molar-refractivity contribution in [1.29, 1.82) is 0 Å². The number of anilines is 1. The van der Waals surface area contributed by atoms with Gasteiger partial charge in [-0.3, -0.25) is 19.1 Å². The van der Waals surface area contributed by atoms with Crippen molar-refractivity contribution in [3.8, 4) is 17.5 Å². The summed E-state index contributed by atoms with van der Waals surface area (Å²) in [5.74, 6) is 6.14. The van der Waals surface area contributed by atoms with E-state index in [1.54, 1.807) is 17.8 Å². The Labute approximate surface area is 243 Å². The monoisotopic (exact) mass is 557 g/mol. The number of primary amides is 1. The molecule has 42 heavy (non-hydrogen) atoms. The normalized spacial score (nSPS) is 10.5. The van der Waals surface area contributed by atoms with Gasteiger partial charge in [0, 0.05) is 42.0 Å². The van der Waals surface area contributed by atoms with E-state index in [0.717, 1.165) is 40.0 Å². The van der Waals surface area contributed by atoms with Crippen LogP contribution in [-0.2, 0) is 13.5 Å². The quantitative estimate of drug-likeness (QED) is 0.240. The Hall–Kier alpha value is -5.75. The zero-order chi connectivity index (χ0) is 30.2. The van der Waals surface area contributed by atoms with Gasteiger partial charge in [0.05, 0.1) is 11.1 Å². The van der Waals surface area contributed by atoms with Gasteiger partial charge < -0.3 is 11.5 Å². The van der Waals surface area contributed by atoms with Gasteiger partial charge in [-0.25, -0.2) is 9.67 Å². The Balaban J connectivity index is 0.000000244. The average molecular weight is 558 g/mol. The first-order valence-corrected chi connectivity index (χ1v) is 13.2. The van der Waals surface area contributed by atoms with Crippen LogP contribution in [0.1, 0.15) is 39.8 Å². The highest BCUT2D eigenvalue weighted by atomic mass is 16.1. The van der Waals surface area contributed by atoms with Crippen LogP contribution >= 0.6 is 0 Å². The molecular weight excluding hydrogens is 526 g/mol. The maximum Gasteiger partial charge on any atom is 0.264 e. The molecule has 0 fully saturated rings. The second-order valence-corrected chi connectivity index (χ2v) is 9.21. The highest BCUT2D eigenvalue weighted by molar-refractivity contribution is 6.02. The molecular formula is C33H31N7O2. The van der Waals surface area contributed by atoms with Crippen LogP contribution in [0.15, 0.2) is 95.4 Å². The predicted molar refractivity (Wildman–Crippen MR) is 168 cm³/mol. The Bertz CT molecular complexity index is 1920. The number of pyridine rings is 2. The van der Waals surface area contributed by atoms with E-state index in [-0.39, 0.29) is 16.9 Å². The first-order valence-electron chi connectivity index (χ1n) is 13.2. The van der Waals surface area contributed by atoms with E-state index in [9.17, 15) is 9.59 Å². The van der Waals surface area contributed by atoms with Crippen LogP contribution in [0.2, 0.25) is 0 Å². The largest absolute Gasteiger partial charge is 0.381 e. The number of allylic oxidation sites excluding steroid dienone is 1. The molecule has 0 saturated carbocycles. The van der Waals surface area contributed by atoms with Crippen LogP contribution < -0.4 is 17.0 Å². The van der Waals surface area contributed by atoms with E-state index < -0.39 is 5.91 Å². The predicted octanol–water partition coefficient (Wildman–Crippen LogP) is 4.65. The van der Waals surface area contributed by atoms with Gasteiger partial charge in [0.25, 0.3) is 11.5 Å². The van der Waals surface area contributed by atoms with E-state index in [0.29, 0.717) is 11.2 Å². The number of aryl methyl sites for hydroxylation is 3. The molecule has 3 heterocycles. The molecule has 4 N–H and O–H groups in total. The molecule has 210 valence electrons. The lowest BCUT2D eigenvalue weighted by atomic mass is 10.0. The number of nitrogen functional groups attached to an aromatic ring is 1. The summed E-state index contributed by atoms with van der Waals surface area (Å²) in [4.78, 5) is 32.7. The molecule has 9 nitrogen and oxygen atoms in total. The second-order valence-electron chi connectivity index (χ2n) is 9.21. The fraction of sp³-hybridized carbons (Fsp3) is 0.121. The number of nitrogens with zero attached hydrogens (tertiary/aromatic N) is 5. The third-order valence-corrected chi connectivity index (χ3v) is 6.43. The fourth-order valence-corrected chi connectivity index (χ4v) is 4.43. The molecule has 0 atom stereocenters. The number of carbonyl (C=O) groups is 1. The third-order valence-electron chi connectivity index (χ3n) is 6.43. The van der Waals surface area contributed by atoms with Crippen LogP contribution in [0.5, 0.6) is 0 Å². The molecule has 2 aromatic carbocycles. The Morgan fingerprint density at radius 2 is 1.79 bits per heavy atom. The number of fused-ring (bicyclic) bond motifs is 1. The molecule has 5 rings (SSSR count). The second kappa shape index (κ2) is 13.1. The van der Waals surface area contributed by atoms with E-state index in [4.69, 9.17) is 11.5 Å². The van der Waals surface area contributed by atoms with E-state index in [2.05, 4.69) is 46.5 Å². The number of amides is 1. The minimum atomic E-state index is -0.646. The van der Waals surface area contributed by atoms with Crippen molar-refractivity contribution in [1.82, 2.24) is 19.3 Å². The van der Waals surface area contributed by atoms with Gasteiger partial charge in [0.1, 0.15) is 5.56 Å². The van der Waals surface area contributed by atoms with E-state index in [1.807, 2.05) is 67.6 Å². The molecule has 5 aromatic rings. The van der Waals surface area contributed by atoms with Gasteiger partial charge in [-0.05, 0) is 55.1 Å². The maximum atomic E-state index is 13.5. The van der Waals surface area contributed by atoms with Gasteiger partial charge in [0.15, 0.2) is 11.6 Å². The number of carbonyl (C=O) groups excluding carboxylic acids is 1. The van der Waals surface area contributed by atoms with Crippen molar-refractivity contribution in [2.75, 3.05) is 5.73 Å². The van der Waals surface area contributed by atoms with Gasteiger partial charge in [-0.1, -0.05) is 61.8 Å². The number of para-hydroxylation sites is 1. The molecule has 9 heteroatoms.